The predicted molar refractivity (Wildman–Crippen MR) is 133 cm³/mol. The number of ether oxygens (including phenoxy) is 2. The van der Waals surface area contributed by atoms with Crippen molar-refractivity contribution in [1.29, 1.82) is 0 Å². The molecule has 33 heavy (non-hydrogen) atoms. The van der Waals surface area contributed by atoms with Crippen LogP contribution >= 0.6 is 0 Å². The molecule has 0 spiro atoms. The minimum absolute atomic E-state index is 0.711. The highest BCUT2D eigenvalue weighted by atomic mass is 16.5. The molecule has 6 heteroatoms. The zero-order chi connectivity index (χ0) is 22.6. The average Bonchev–Trinajstić information content (AvgIpc) is 3.08. The number of amidine groups is 1. The number of nitrogens with zero attached hydrogens (tertiary/aromatic N) is 3. The first-order chi connectivity index (χ1) is 16.2. The maximum absolute atomic E-state index is 5.49. The SMILES string of the molecule is CCc1ccc2c(c1)C(c1ccc(N3CCOCC3)cc1)=NNC(c1ccc(OC)cc1)=N2. The highest BCUT2D eigenvalue weighted by molar-refractivity contribution is 6.18. The first-order valence-corrected chi connectivity index (χ1v) is 11.4. The van der Waals surface area contributed by atoms with Crippen LogP contribution in [-0.4, -0.2) is 45.0 Å². The number of aliphatic imine (C=N–C) groups is 1. The van der Waals surface area contributed by atoms with Gasteiger partial charge < -0.3 is 14.4 Å². The fourth-order valence-corrected chi connectivity index (χ4v) is 4.15. The quantitative estimate of drug-likeness (QED) is 0.633. The van der Waals surface area contributed by atoms with Crippen LogP contribution in [0.1, 0.15) is 29.2 Å². The molecule has 3 aromatic carbocycles. The smallest absolute Gasteiger partial charge is 0.154 e. The number of aryl methyl sites for hydroxylation is 1. The molecule has 1 fully saturated rings. The molecule has 0 unspecified atom stereocenters. The Labute approximate surface area is 194 Å². The number of morpholine rings is 1. The molecule has 1 N–H and O–H groups in total. The third-order valence-electron chi connectivity index (χ3n) is 6.11. The van der Waals surface area contributed by atoms with Gasteiger partial charge in [0.1, 0.15) is 5.75 Å². The normalized spacial score (nSPS) is 15.6. The van der Waals surface area contributed by atoms with Gasteiger partial charge >= 0.3 is 0 Å². The molecule has 0 bridgehead atoms. The van der Waals surface area contributed by atoms with Crippen LogP contribution in [0.25, 0.3) is 0 Å². The van der Waals surface area contributed by atoms with Crippen molar-refractivity contribution >= 4 is 22.9 Å². The number of hydrogen-bond donors (Lipinski definition) is 1. The van der Waals surface area contributed by atoms with E-state index >= 15 is 0 Å². The predicted octanol–water partition coefficient (Wildman–Crippen LogP) is 4.53. The molecule has 6 nitrogen and oxygen atoms in total. The van der Waals surface area contributed by atoms with Gasteiger partial charge in [0.15, 0.2) is 5.84 Å². The van der Waals surface area contributed by atoms with E-state index in [9.17, 15) is 0 Å². The van der Waals surface area contributed by atoms with Gasteiger partial charge in [0, 0.05) is 35.5 Å². The average molecular weight is 441 g/mol. The van der Waals surface area contributed by atoms with Crippen molar-refractivity contribution in [3.05, 3.63) is 89.0 Å². The van der Waals surface area contributed by atoms with Gasteiger partial charge in [-0.15, -0.1) is 0 Å². The molecule has 2 aliphatic rings. The van der Waals surface area contributed by atoms with Gasteiger partial charge in [-0.3, -0.25) is 5.43 Å². The van der Waals surface area contributed by atoms with Crippen molar-refractivity contribution < 1.29 is 9.47 Å². The van der Waals surface area contributed by atoms with Crippen LogP contribution in [0.4, 0.5) is 11.4 Å². The molecule has 0 saturated carbocycles. The zero-order valence-electron chi connectivity index (χ0n) is 19.0. The summed E-state index contributed by atoms with van der Waals surface area (Å²) in [6, 6.07) is 22.9. The van der Waals surface area contributed by atoms with E-state index in [2.05, 4.69) is 59.7 Å². The Bertz CT molecular complexity index is 1180. The van der Waals surface area contributed by atoms with Crippen LogP contribution in [0, 0.1) is 0 Å². The summed E-state index contributed by atoms with van der Waals surface area (Å²) in [6.45, 7) is 5.55. The molecule has 5 rings (SSSR count). The Morgan fingerprint density at radius 3 is 2.36 bits per heavy atom. The minimum Gasteiger partial charge on any atom is -0.497 e. The Kier molecular flexibility index (Phi) is 6.09. The van der Waals surface area contributed by atoms with E-state index in [0.29, 0.717) is 5.84 Å². The molecule has 0 amide bonds. The van der Waals surface area contributed by atoms with Gasteiger partial charge in [0.25, 0.3) is 0 Å². The van der Waals surface area contributed by atoms with Crippen molar-refractivity contribution in [2.24, 2.45) is 10.1 Å². The third-order valence-corrected chi connectivity index (χ3v) is 6.11. The molecule has 0 aromatic heterocycles. The Hall–Kier alpha value is -3.64. The Morgan fingerprint density at radius 1 is 0.939 bits per heavy atom. The second kappa shape index (κ2) is 9.46. The standard InChI is InChI=1S/C27H28N4O2/c1-3-19-4-13-25-24(18-19)26(20-5-9-22(10-6-20)31-14-16-33-17-15-31)29-30-27(28-25)21-7-11-23(32-2)12-8-21/h4-13,18H,3,14-17H2,1-2H3,(H,28,30). The molecule has 0 radical (unpaired) electrons. The lowest BCUT2D eigenvalue weighted by Gasteiger charge is -2.29. The van der Waals surface area contributed by atoms with E-state index in [1.807, 2.05) is 24.3 Å². The lowest BCUT2D eigenvalue weighted by Crippen LogP contribution is -2.36. The molecule has 0 aliphatic carbocycles. The molecular weight excluding hydrogens is 412 g/mol. The van der Waals surface area contributed by atoms with Crippen LogP contribution in [0.3, 0.4) is 0 Å². The van der Waals surface area contributed by atoms with Crippen LogP contribution in [0.15, 0.2) is 76.8 Å². The number of methoxy groups -OCH3 is 1. The summed E-state index contributed by atoms with van der Waals surface area (Å²) in [5.41, 5.74) is 10.5. The number of nitrogens with one attached hydrogen (secondary N) is 1. The van der Waals surface area contributed by atoms with E-state index in [1.165, 1.54) is 11.3 Å². The molecule has 0 atom stereocenters. The lowest BCUT2D eigenvalue weighted by atomic mass is 9.97. The van der Waals surface area contributed by atoms with Crippen molar-refractivity contribution in [3.8, 4) is 5.75 Å². The van der Waals surface area contributed by atoms with E-state index in [-0.39, 0.29) is 0 Å². The number of rotatable bonds is 5. The fourth-order valence-electron chi connectivity index (χ4n) is 4.15. The summed E-state index contributed by atoms with van der Waals surface area (Å²) in [5.74, 6) is 1.52. The number of hydrazone groups is 1. The van der Waals surface area contributed by atoms with Crippen LogP contribution in [0.2, 0.25) is 0 Å². The van der Waals surface area contributed by atoms with Gasteiger partial charge in [-0.2, -0.15) is 5.10 Å². The Morgan fingerprint density at radius 2 is 1.67 bits per heavy atom. The van der Waals surface area contributed by atoms with E-state index < -0.39 is 0 Å². The van der Waals surface area contributed by atoms with Crippen molar-refractivity contribution in [2.45, 2.75) is 13.3 Å². The number of benzene rings is 3. The second-order valence-electron chi connectivity index (χ2n) is 8.11. The summed E-state index contributed by atoms with van der Waals surface area (Å²) in [4.78, 5) is 7.29. The number of fused-ring (bicyclic) bond motifs is 1. The summed E-state index contributed by atoms with van der Waals surface area (Å²) in [7, 11) is 1.67. The van der Waals surface area contributed by atoms with Crippen LogP contribution in [-0.2, 0) is 11.2 Å². The molecule has 2 aliphatic heterocycles. The summed E-state index contributed by atoms with van der Waals surface area (Å²) < 4.78 is 10.8. The van der Waals surface area contributed by atoms with Gasteiger partial charge in [-0.05, 0) is 60.5 Å². The minimum atomic E-state index is 0.711. The van der Waals surface area contributed by atoms with Gasteiger partial charge in [0.2, 0.25) is 0 Å². The monoisotopic (exact) mass is 440 g/mol. The molecule has 168 valence electrons. The molecule has 1 saturated heterocycles. The largest absolute Gasteiger partial charge is 0.497 e. The molecule has 2 heterocycles. The summed E-state index contributed by atoms with van der Waals surface area (Å²) in [5, 5.41) is 4.82. The Balaban J connectivity index is 1.52. The second-order valence-corrected chi connectivity index (χ2v) is 8.11. The topological polar surface area (TPSA) is 58.5 Å². The van der Waals surface area contributed by atoms with Crippen molar-refractivity contribution in [3.63, 3.8) is 0 Å². The maximum Gasteiger partial charge on any atom is 0.154 e. The van der Waals surface area contributed by atoms with Gasteiger partial charge in [0.05, 0.1) is 31.7 Å². The first-order valence-electron chi connectivity index (χ1n) is 11.4. The van der Waals surface area contributed by atoms with Gasteiger partial charge in [-0.25, -0.2) is 4.99 Å². The fraction of sp³-hybridized carbons (Fsp3) is 0.259. The first kappa shape index (κ1) is 21.2. The third kappa shape index (κ3) is 4.47. The lowest BCUT2D eigenvalue weighted by molar-refractivity contribution is 0.122. The molecule has 3 aromatic rings. The zero-order valence-corrected chi connectivity index (χ0v) is 19.0. The maximum atomic E-state index is 5.49. The molecular formula is C27H28N4O2. The van der Waals surface area contributed by atoms with Crippen molar-refractivity contribution in [2.75, 3.05) is 38.3 Å². The number of hydrogen-bond acceptors (Lipinski definition) is 6. The highest BCUT2D eigenvalue weighted by Gasteiger charge is 2.19. The van der Waals surface area contributed by atoms with E-state index in [4.69, 9.17) is 19.6 Å². The van der Waals surface area contributed by atoms with E-state index in [1.54, 1.807) is 7.11 Å². The van der Waals surface area contributed by atoms with Crippen LogP contribution in [0.5, 0.6) is 5.75 Å². The van der Waals surface area contributed by atoms with Gasteiger partial charge in [-0.1, -0.05) is 25.1 Å². The summed E-state index contributed by atoms with van der Waals surface area (Å²) in [6.07, 6.45) is 0.957. The van der Waals surface area contributed by atoms with Crippen molar-refractivity contribution in [1.82, 2.24) is 5.43 Å². The number of anilines is 1. The van der Waals surface area contributed by atoms with Crippen LogP contribution < -0.4 is 15.1 Å². The van der Waals surface area contributed by atoms with E-state index in [0.717, 1.165) is 66.6 Å². The summed E-state index contributed by atoms with van der Waals surface area (Å²) >= 11 is 0. The highest BCUT2D eigenvalue weighted by Crippen LogP contribution is 2.28.